The Morgan fingerprint density at radius 1 is 1.47 bits per heavy atom. The SMILES string of the molecule is CCCCNCc1c[nH]c2ncccc12. The average Bonchev–Trinajstić information content (AvgIpc) is 2.68. The summed E-state index contributed by atoms with van der Waals surface area (Å²) in [7, 11) is 0. The van der Waals surface area contributed by atoms with Crippen LogP contribution in [0.3, 0.4) is 0 Å². The van der Waals surface area contributed by atoms with Gasteiger partial charge in [-0.25, -0.2) is 4.98 Å². The lowest BCUT2D eigenvalue weighted by Crippen LogP contribution is -2.13. The zero-order chi connectivity index (χ0) is 10.5. The van der Waals surface area contributed by atoms with Crippen LogP contribution in [0.15, 0.2) is 24.5 Å². The Morgan fingerprint density at radius 3 is 3.27 bits per heavy atom. The van der Waals surface area contributed by atoms with E-state index in [1.165, 1.54) is 23.8 Å². The highest BCUT2D eigenvalue weighted by Gasteiger charge is 2.02. The molecular formula is C12H17N3. The summed E-state index contributed by atoms with van der Waals surface area (Å²) in [5.41, 5.74) is 2.28. The van der Waals surface area contributed by atoms with E-state index in [1.807, 2.05) is 18.5 Å². The summed E-state index contributed by atoms with van der Waals surface area (Å²) in [4.78, 5) is 7.44. The van der Waals surface area contributed by atoms with Crippen LogP contribution in [0, 0.1) is 0 Å². The standard InChI is InChI=1S/C12H17N3/c1-2-3-6-13-8-10-9-15-12-11(10)5-4-7-14-12/h4-5,7,9,13H,2-3,6,8H2,1H3,(H,14,15). The topological polar surface area (TPSA) is 40.7 Å². The maximum atomic E-state index is 4.26. The van der Waals surface area contributed by atoms with Crippen molar-refractivity contribution in [2.45, 2.75) is 26.3 Å². The lowest BCUT2D eigenvalue weighted by molar-refractivity contribution is 0.643. The second kappa shape index (κ2) is 4.94. The molecule has 0 aliphatic heterocycles. The number of aromatic amines is 1. The van der Waals surface area contributed by atoms with Gasteiger partial charge in [-0.15, -0.1) is 0 Å². The van der Waals surface area contributed by atoms with Crippen LogP contribution in [-0.2, 0) is 6.54 Å². The molecule has 2 heterocycles. The number of aromatic nitrogens is 2. The first-order valence-electron chi connectivity index (χ1n) is 5.53. The number of fused-ring (bicyclic) bond motifs is 1. The smallest absolute Gasteiger partial charge is 0.137 e. The Bertz CT molecular complexity index is 419. The molecule has 3 heteroatoms. The summed E-state index contributed by atoms with van der Waals surface area (Å²) in [5.74, 6) is 0. The number of nitrogens with one attached hydrogen (secondary N) is 2. The number of nitrogens with zero attached hydrogens (tertiary/aromatic N) is 1. The van der Waals surface area contributed by atoms with Gasteiger partial charge >= 0.3 is 0 Å². The summed E-state index contributed by atoms with van der Waals surface area (Å²) in [6.45, 7) is 4.21. The predicted molar refractivity (Wildman–Crippen MR) is 62.7 cm³/mol. The molecule has 0 saturated heterocycles. The van der Waals surface area contributed by atoms with Crippen LogP contribution in [0.2, 0.25) is 0 Å². The molecule has 0 spiro atoms. The predicted octanol–water partition coefficient (Wildman–Crippen LogP) is 2.45. The lowest BCUT2D eigenvalue weighted by atomic mass is 10.2. The maximum absolute atomic E-state index is 4.26. The molecule has 0 saturated carbocycles. The van der Waals surface area contributed by atoms with E-state index in [0.717, 1.165) is 18.7 Å². The van der Waals surface area contributed by atoms with Gasteiger partial charge in [-0.1, -0.05) is 13.3 Å². The zero-order valence-electron chi connectivity index (χ0n) is 9.09. The molecule has 0 radical (unpaired) electrons. The van der Waals surface area contributed by atoms with Gasteiger partial charge < -0.3 is 10.3 Å². The van der Waals surface area contributed by atoms with Crippen molar-refractivity contribution in [3.63, 3.8) is 0 Å². The Balaban J connectivity index is 2.02. The highest BCUT2D eigenvalue weighted by molar-refractivity contribution is 5.79. The Kier molecular flexibility index (Phi) is 3.35. The molecule has 2 N–H and O–H groups in total. The molecule has 2 aromatic rings. The van der Waals surface area contributed by atoms with Gasteiger partial charge in [0.05, 0.1) is 0 Å². The second-order valence-electron chi connectivity index (χ2n) is 3.74. The van der Waals surface area contributed by atoms with Crippen molar-refractivity contribution in [1.82, 2.24) is 15.3 Å². The first kappa shape index (κ1) is 10.2. The summed E-state index contributed by atoms with van der Waals surface area (Å²) >= 11 is 0. The van der Waals surface area contributed by atoms with Gasteiger partial charge in [0.1, 0.15) is 5.65 Å². The van der Waals surface area contributed by atoms with Gasteiger partial charge in [0.2, 0.25) is 0 Å². The first-order chi connectivity index (χ1) is 7.42. The molecular weight excluding hydrogens is 186 g/mol. The summed E-state index contributed by atoms with van der Waals surface area (Å²) in [6.07, 6.45) is 6.33. The molecule has 0 aliphatic rings. The molecule has 3 nitrogen and oxygen atoms in total. The van der Waals surface area contributed by atoms with Crippen molar-refractivity contribution < 1.29 is 0 Å². The van der Waals surface area contributed by atoms with Gasteiger partial charge in [0.25, 0.3) is 0 Å². The number of unbranched alkanes of at least 4 members (excludes halogenated alkanes) is 1. The number of pyridine rings is 1. The minimum atomic E-state index is 0.922. The first-order valence-corrected chi connectivity index (χ1v) is 5.53. The fourth-order valence-electron chi connectivity index (χ4n) is 1.68. The van der Waals surface area contributed by atoms with E-state index in [4.69, 9.17) is 0 Å². The van der Waals surface area contributed by atoms with Crippen molar-refractivity contribution in [2.75, 3.05) is 6.54 Å². The third-order valence-corrected chi connectivity index (χ3v) is 2.56. The number of H-pyrrole nitrogens is 1. The third-order valence-electron chi connectivity index (χ3n) is 2.56. The molecule has 2 rings (SSSR count). The molecule has 0 amide bonds. The molecule has 0 atom stereocenters. The minimum Gasteiger partial charge on any atom is -0.346 e. The lowest BCUT2D eigenvalue weighted by Gasteiger charge is -2.01. The van der Waals surface area contributed by atoms with E-state index in [-0.39, 0.29) is 0 Å². The van der Waals surface area contributed by atoms with Crippen molar-refractivity contribution in [2.24, 2.45) is 0 Å². The molecule has 0 aromatic carbocycles. The fraction of sp³-hybridized carbons (Fsp3) is 0.417. The van der Waals surface area contributed by atoms with E-state index in [9.17, 15) is 0 Å². The van der Waals surface area contributed by atoms with Gasteiger partial charge in [-0.3, -0.25) is 0 Å². The third kappa shape index (κ3) is 2.36. The van der Waals surface area contributed by atoms with Crippen LogP contribution >= 0.6 is 0 Å². The van der Waals surface area contributed by atoms with Crippen LogP contribution in [-0.4, -0.2) is 16.5 Å². The van der Waals surface area contributed by atoms with Crippen LogP contribution in [0.1, 0.15) is 25.3 Å². The van der Waals surface area contributed by atoms with Crippen molar-refractivity contribution in [1.29, 1.82) is 0 Å². The molecule has 15 heavy (non-hydrogen) atoms. The van der Waals surface area contributed by atoms with Crippen molar-refractivity contribution >= 4 is 11.0 Å². The zero-order valence-corrected chi connectivity index (χ0v) is 9.09. The Morgan fingerprint density at radius 2 is 2.40 bits per heavy atom. The van der Waals surface area contributed by atoms with Gasteiger partial charge in [0.15, 0.2) is 0 Å². The number of rotatable bonds is 5. The quantitative estimate of drug-likeness (QED) is 0.733. The Hall–Kier alpha value is -1.35. The molecule has 0 fully saturated rings. The van der Waals surface area contributed by atoms with Crippen LogP contribution in [0.5, 0.6) is 0 Å². The van der Waals surface area contributed by atoms with Crippen molar-refractivity contribution in [3.8, 4) is 0 Å². The van der Waals surface area contributed by atoms with E-state index >= 15 is 0 Å². The minimum absolute atomic E-state index is 0.922. The maximum Gasteiger partial charge on any atom is 0.137 e. The summed E-state index contributed by atoms with van der Waals surface area (Å²) < 4.78 is 0. The van der Waals surface area contributed by atoms with E-state index in [0.29, 0.717) is 0 Å². The van der Waals surface area contributed by atoms with Gasteiger partial charge in [-0.05, 0) is 30.7 Å². The normalized spacial score (nSPS) is 11.0. The highest BCUT2D eigenvalue weighted by atomic mass is 14.9. The van der Waals surface area contributed by atoms with E-state index in [2.05, 4.69) is 28.3 Å². The van der Waals surface area contributed by atoms with Gasteiger partial charge in [-0.2, -0.15) is 0 Å². The van der Waals surface area contributed by atoms with Crippen LogP contribution in [0.25, 0.3) is 11.0 Å². The van der Waals surface area contributed by atoms with Crippen LogP contribution in [0.4, 0.5) is 0 Å². The molecule has 0 bridgehead atoms. The van der Waals surface area contributed by atoms with E-state index < -0.39 is 0 Å². The molecule has 2 aromatic heterocycles. The number of hydrogen-bond donors (Lipinski definition) is 2. The van der Waals surface area contributed by atoms with E-state index in [1.54, 1.807) is 0 Å². The Labute approximate surface area is 89.9 Å². The fourth-order valence-corrected chi connectivity index (χ4v) is 1.68. The van der Waals surface area contributed by atoms with Gasteiger partial charge in [0, 0.05) is 24.3 Å². The summed E-state index contributed by atoms with van der Waals surface area (Å²) in [6, 6.07) is 4.08. The average molecular weight is 203 g/mol. The van der Waals surface area contributed by atoms with Crippen molar-refractivity contribution in [3.05, 3.63) is 30.1 Å². The molecule has 0 unspecified atom stereocenters. The highest BCUT2D eigenvalue weighted by Crippen LogP contribution is 2.14. The molecule has 80 valence electrons. The monoisotopic (exact) mass is 203 g/mol. The largest absolute Gasteiger partial charge is 0.346 e. The van der Waals surface area contributed by atoms with Crippen LogP contribution < -0.4 is 5.32 Å². The number of hydrogen-bond acceptors (Lipinski definition) is 2. The summed E-state index contributed by atoms with van der Waals surface area (Å²) in [5, 5.41) is 4.66. The second-order valence-corrected chi connectivity index (χ2v) is 3.74. The molecule has 0 aliphatic carbocycles.